The molecule has 5 nitrogen and oxygen atoms in total. The lowest BCUT2D eigenvalue weighted by Crippen LogP contribution is -2.37. The molecule has 0 heterocycles. The summed E-state index contributed by atoms with van der Waals surface area (Å²) in [6.07, 6.45) is 0. The Balaban J connectivity index is 3.10. The minimum Gasteiger partial charge on any atom is -0.348 e. The van der Waals surface area contributed by atoms with Crippen LogP contribution in [0.25, 0.3) is 0 Å². The molecule has 1 aromatic carbocycles. The summed E-state index contributed by atoms with van der Waals surface area (Å²) in [5.41, 5.74) is 0. The van der Waals surface area contributed by atoms with E-state index >= 15 is 0 Å². The molecule has 0 saturated heterocycles. The zero-order chi connectivity index (χ0) is 14.8. The number of amides is 1. The number of halogens is 2. The third-order valence-corrected chi connectivity index (χ3v) is 5.73. The molecule has 1 rings (SSSR count). The molecular formula is C11H14Br2N2O3S. The van der Waals surface area contributed by atoms with Crippen molar-refractivity contribution in [2.45, 2.75) is 4.90 Å². The van der Waals surface area contributed by atoms with Crippen LogP contribution in [-0.2, 0) is 14.8 Å². The van der Waals surface area contributed by atoms with Crippen LogP contribution in [0.5, 0.6) is 0 Å². The van der Waals surface area contributed by atoms with Crippen molar-refractivity contribution in [3.05, 3.63) is 27.1 Å². The van der Waals surface area contributed by atoms with Crippen LogP contribution in [0, 0.1) is 0 Å². The van der Waals surface area contributed by atoms with Crippen LogP contribution in [0.3, 0.4) is 0 Å². The fraction of sp³-hybridized carbons (Fsp3) is 0.364. The van der Waals surface area contributed by atoms with Crippen LogP contribution in [0.2, 0.25) is 0 Å². The first-order chi connectivity index (χ1) is 8.66. The van der Waals surface area contributed by atoms with Gasteiger partial charge in [0.15, 0.2) is 0 Å². The summed E-state index contributed by atoms with van der Waals surface area (Å²) < 4.78 is 26.9. The molecule has 0 aliphatic carbocycles. The molecule has 0 fully saturated rings. The van der Waals surface area contributed by atoms with Gasteiger partial charge in [0.1, 0.15) is 0 Å². The molecular weight excluding hydrogens is 400 g/mol. The van der Waals surface area contributed by atoms with Gasteiger partial charge in [-0.2, -0.15) is 4.31 Å². The topological polar surface area (TPSA) is 57.7 Å². The molecule has 0 N–H and O–H groups in total. The number of sulfonamides is 1. The summed E-state index contributed by atoms with van der Waals surface area (Å²) in [7, 11) is 0.830. The van der Waals surface area contributed by atoms with Crippen molar-refractivity contribution in [1.29, 1.82) is 0 Å². The number of rotatable bonds is 4. The molecule has 1 amide bonds. The Morgan fingerprint density at radius 2 is 1.79 bits per heavy atom. The fourth-order valence-corrected chi connectivity index (χ4v) is 3.84. The van der Waals surface area contributed by atoms with Gasteiger partial charge in [0.05, 0.1) is 11.4 Å². The van der Waals surface area contributed by atoms with E-state index in [-0.39, 0.29) is 17.3 Å². The molecule has 0 saturated carbocycles. The van der Waals surface area contributed by atoms with Crippen LogP contribution >= 0.6 is 31.9 Å². The Labute approximate surface area is 129 Å². The molecule has 0 aliphatic heterocycles. The molecule has 0 atom stereocenters. The standard InChI is InChI=1S/C11H14Br2N2O3S/c1-14(2)11(16)7-15(3)19(17,18)10-6-8(12)4-5-9(10)13/h4-6H,7H2,1-3H3. The summed E-state index contributed by atoms with van der Waals surface area (Å²) in [6.45, 7) is -0.200. The van der Waals surface area contributed by atoms with Gasteiger partial charge in [-0.05, 0) is 34.1 Å². The zero-order valence-electron chi connectivity index (χ0n) is 10.7. The highest BCUT2D eigenvalue weighted by atomic mass is 79.9. The second-order valence-corrected chi connectivity index (χ2v) is 7.91. The SMILES string of the molecule is CN(C)C(=O)CN(C)S(=O)(=O)c1cc(Br)ccc1Br. The van der Waals surface area contributed by atoms with Crippen molar-refractivity contribution < 1.29 is 13.2 Å². The van der Waals surface area contributed by atoms with E-state index in [4.69, 9.17) is 0 Å². The summed E-state index contributed by atoms with van der Waals surface area (Å²) in [5, 5.41) is 0. The van der Waals surface area contributed by atoms with Crippen molar-refractivity contribution in [3.63, 3.8) is 0 Å². The molecule has 19 heavy (non-hydrogen) atoms. The average molecular weight is 414 g/mol. The van der Waals surface area contributed by atoms with Crippen molar-refractivity contribution in [3.8, 4) is 0 Å². The van der Waals surface area contributed by atoms with Gasteiger partial charge in [-0.3, -0.25) is 4.79 Å². The lowest BCUT2D eigenvalue weighted by atomic mass is 10.4. The normalized spacial score (nSPS) is 11.7. The lowest BCUT2D eigenvalue weighted by Gasteiger charge is -2.19. The van der Waals surface area contributed by atoms with E-state index in [1.165, 1.54) is 18.0 Å². The highest BCUT2D eigenvalue weighted by Crippen LogP contribution is 2.27. The number of likely N-dealkylation sites (N-methyl/N-ethyl adjacent to an activating group) is 2. The number of hydrogen-bond acceptors (Lipinski definition) is 3. The Kier molecular flexibility index (Phi) is 5.54. The van der Waals surface area contributed by atoms with E-state index in [2.05, 4.69) is 31.9 Å². The zero-order valence-corrected chi connectivity index (χ0v) is 14.7. The van der Waals surface area contributed by atoms with Crippen molar-refractivity contribution >= 4 is 47.8 Å². The molecule has 0 spiro atoms. The second-order valence-electron chi connectivity index (χ2n) is 4.12. The fourth-order valence-electron chi connectivity index (χ4n) is 1.26. The van der Waals surface area contributed by atoms with E-state index < -0.39 is 10.0 Å². The minimum absolute atomic E-state index is 0.121. The maximum absolute atomic E-state index is 12.4. The smallest absolute Gasteiger partial charge is 0.244 e. The third-order valence-electron chi connectivity index (χ3n) is 2.44. The van der Waals surface area contributed by atoms with Gasteiger partial charge in [-0.25, -0.2) is 8.42 Å². The molecule has 106 valence electrons. The Hall–Kier alpha value is -0.440. The first-order valence-corrected chi connectivity index (χ1v) is 8.30. The summed E-state index contributed by atoms with van der Waals surface area (Å²) >= 11 is 6.44. The van der Waals surface area contributed by atoms with E-state index in [0.29, 0.717) is 8.95 Å². The van der Waals surface area contributed by atoms with Crippen LogP contribution in [0.15, 0.2) is 32.0 Å². The average Bonchev–Trinajstić information content (AvgIpc) is 2.31. The van der Waals surface area contributed by atoms with Gasteiger partial charge in [0.25, 0.3) is 0 Å². The number of benzene rings is 1. The first kappa shape index (κ1) is 16.6. The van der Waals surface area contributed by atoms with Gasteiger partial charge < -0.3 is 4.90 Å². The Morgan fingerprint density at radius 3 is 2.32 bits per heavy atom. The molecule has 0 aliphatic rings. The molecule has 8 heteroatoms. The highest BCUT2D eigenvalue weighted by Gasteiger charge is 2.25. The summed E-state index contributed by atoms with van der Waals surface area (Å²) in [4.78, 5) is 13.1. The Morgan fingerprint density at radius 1 is 1.21 bits per heavy atom. The van der Waals surface area contributed by atoms with E-state index in [0.717, 1.165) is 4.31 Å². The van der Waals surface area contributed by atoms with E-state index in [1.807, 2.05) is 0 Å². The molecule has 0 bridgehead atoms. The molecule has 0 radical (unpaired) electrons. The third kappa shape index (κ3) is 4.01. The van der Waals surface area contributed by atoms with Crippen LogP contribution < -0.4 is 0 Å². The van der Waals surface area contributed by atoms with Gasteiger partial charge >= 0.3 is 0 Å². The van der Waals surface area contributed by atoms with Gasteiger partial charge in [0.2, 0.25) is 15.9 Å². The quantitative estimate of drug-likeness (QED) is 0.757. The lowest BCUT2D eigenvalue weighted by molar-refractivity contribution is -0.128. The second kappa shape index (κ2) is 6.34. The van der Waals surface area contributed by atoms with Gasteiger partial charge in [-0.1, -0.05) is 15.9 Å². The van der Waals surface area contributed by atoms with Crippen molar-refractivity contribution in [1.82, 2.24) is 9.21 Å². The van der Waals surface area contributed by atoms with Crippen LogP contribution in [0.1, 0.15) is 0 Å². The Bertz CT molecular complexity index is 588. The minimum atomic E-state index is -3.71. The number of nitrogens with zero attached hydrogens (tertiary/aromatic N) is 2. The maximum atomic E-state index is 12.4. The highest BCUT2D eigenvalue weighted by molar-refractivity contribution is 9.11. The van der Waals surface area contributed by atoms with E-state index in [1.54, 1.807) is 26.2 Å². The van der Waals surface area contributed by atoms with Crippen LogP contribution in [0.4, 0.5) is 0 Å². The maximum Gasteiger partial charge on any atom is 0.244 e. The number of hydrogen-bond donors (Lipinski definition) is 0. The first-order valence-electron chi connectivity index (χ1n) is 5.28. The largest absolute Gasteiger partial charge is 0.348 e. The number of carbonyl (C=O) groups is 1. The number of carbonyl (C=O) groups excluding carboxylic acids is 1. The predicted octanol–water partition coefficient (Wildman–Crippen LogP) is 1.92. The van der Waals surface area contributed by atoms with Crippen LogP contribution in [-0.4, -0.2) is 51.2 Å². The monoisotopic (exact) mass is 412 g/mol. The summed E-state index contributed by atoms with van der Waals surface area (Å²) in [6, 6.07) is 4.86. The summed E-state index contributed by atoms with van der Waals surface area (Å²) in [5.74, 6) is -0.280. The van der Waals surface area contributed by atoms with Crippen molar-refractivity contribution in [2.75, 3.05) is 27.7 Å². The molecule has 0 aromatic heterocycles. The van der Waals surface area contributed by atoms with E-state index in [9.17, 15) is 13.2 Å². The molecule has 1 aromatic rings. The van der Waals surface area contributed by atoms with Gasteiger partial charge in [-0.15, -0.1) is 0 Å². The van der Waals surface area contributed by atoms with Crippen molar-refractivity contribution in [2.24, 2.45) is 0 Å². The predicted molar refractivity (Wildman–Crippen MR) is 80.4 cm³/mol. The molecule has 0 unspecified atom stereocenters. The van der Waals surface area contributed by atoms with Gasteiger partial charge in [0, 0.05) is 30.1 Å².